The molecule has 0 bridgehead atoms. The summed E-state index contributed by atoms with van der Waals surface area (Å²) in [5.74, 6) is 0.939. The van der Waals surface area contributed by atoms with E-state index in [1.54, 1.807) is 25.1 Å². The number of carbonyl (C=O) groups excluding carboxylic acids is 2. The van der Waals surface area contributed by atoms with Crippen molar-refractivity contribution in [1.82, 2.24) is 10.2 Å². The highest BCUT2D eigenvalue weighted by molar-refractivity contribution is 6.07. The largest absolute Gasteiger partial charge is 0.486 e. The number of hydrogen-bond donors (Lipinski definition) is 1. The zero-order chi connectivity index (χ0) is 21.4. The average molecular weight is 414 g/mol. The van der Waals surface area contributed by atoms with E-state index >= 15 is 0 Å². The van der Waals surface area contributed by atoms with Gasteiger partial charge in [-0.3, -0.25) is 9.69 Å². The predicted octanol–water partition coefficient (Wildman–Crippen LogP) is 4.09. The van der Waals surface area contributed by atoms with Gasteiger partial charge in [0.2, 0.25) is 0 Å². The maximum atomic E-state index is 13.3. The van der Waals surface area contributed by atoms with Gasteiger partial charge in [0, 0.05) is 0 Å². The van der Waals surface area contributed by atoms with Crippen molar-refractivity contribution in [1.29, 1.82) is 0 Å². The number of rotatable bonds is 4. The van der Waals surface area contributed by atoms with Crippen LogP contribution in [-0.4, -0.2) is 30.1 Å². The summed E-state index contributed by atoms with van der Waals surface area (Å²) in [5, 5.41) is 2.85. The first-order chi connectivity index (χ1) is 15.0. The second-order valence-electron chi connectivity index (χ2n) is 7.87. The molecule has 0 saturated carbocycles. The normalized spacial score (nSPS) is 20.0. The van der Waals surface area contributed by atoms with Crippen molar-refractivity contribution in [3.05, 3.63) is 83.9 Å². The topological polar surface area (TPSA) is 67.9 Å². The molecule has 5 rings (SSSR count). The number of ether oxygens (including phenoxy) is 2. The van der Waals surface area contributed by atoms with E-state index in [9.17, 15) is 9.59 Å². The van der Waals surface area contributed by atoms with Crippen LogP contribution in [-0.2, 0) is 16.9 Å². The number of imide groups is 1. The molecule has 1 atom stereocenters. The van der Waals surface area contributed by atoms with Crippen LogP contribution in [0.5, 0.6) is 11.5 Å². The van der Waals surface area contributed by atoms with Gasteiger partial charge in [-0.15, -0.1) is 0 Å². The first kappa shape index (κ1) is 19.2. The lowest BCUT2D eigenvalue weighted by Crippen LogP contribution is -2.41. The number of hydrogen-bond acceptors (Lipinski definition) is 4. The van der Waals surface area contributed by atoms with E-state index in [2.05, 4.69) is 5.32 Å². The summed E-state index contributed by atoms with van der Waals surface area (Å²) in [7, 11) is 0. The first-order valence-electron chi connectivity index (χ1n) is 10.2. The molecule has 1 saturated heterocycles. The van der Waals surface area contributed by atoms with Gasteiger partial charge < -0.3 is 14.8 Å². The summed E-state index contributed by atoms with van der Waals surface area (Å²) in [5.41, 5.74) is 2.60. The fraction of sp³-hybridized carbons (Fsp3) is 0.200. The molecule has 1 N–H and O–H groups in total. The molecule has 0 spiro atoms. The van der Waals surface area contributed by atoms with Crippen molar-refractivity contribution < 1.29 is 19.1 Å². The highest BCUT2D eigenvalue weighted by atomic mass is 16.6. The van der Waals surface area contributed by atoms with Gasteiger partial charge in [0.1, 0.15) is 18.8 Å². The Kier molecular flexibility index (Phi) is 4.62. The molecule has 3 aromatic carbocycles. The van der Waals surface area contributed by atoms with Gasteiger partial charge in [-0.1, -0.05) is 60.7 Å². The Hall–Kier alpha value is -3.80. The van der Waals surface area contributed by atoms with Crippen molar-refractivity contribution in [3.8, 4) is 22.6 Å². The summed E-state index contributed by atoms with van der Waals surface area (Å²) in [6, 6.07) is 22.9. The molecule has 6 heteroatoms. The predicted molar refractivity (Wildman–Crippen MR) is 116 cm³/mol. The molecule has 2 aliphatic heterocycles. The number of nitrogens with zero attached hydrogens (tertiary/aromatic N) is 1. The third kappa shape index (κ3) is 3.40. The minimum absolute atomic E-state index is 0.208. The maximum Gasteiger partial charge on any atom is 0.325 e. The Morgan fingerprint density at radius 2 is 1.55 bits per heavy atom. The smallest absolute Gasteiger partial charge is 0.325 e. The second-order valence-corrected chi connectivity index (χ2v) is 7.87. The van der Waals surface area contributed by atoms with Gasteiger partial charge in [0.15, 0.2) is 11.5 Å². The van der Waals surface area contributed by atoms with E-state index in [1.165, 1.54) is 4.90 Å². The Morgan fingerprint density at radius 3 is 2.29 bits per heavy atom. The third-order valence-corrected chi connectivity index (χ3v) is 5.80. The van der Waals surface area contributed by atoms with Gasteiger partial charge in [-0.25, -0.2) is 4.79 Å². The fourth-order valence-electron chi connectivity index (χ4n) is 4.01. The number of nitrogens with one attached hydrogen (secondary N) is 1. The van der Waals surface area contributed by atoms with Crippen molar-refractivity contribution in [2.75, 3.05) is 13.2 Å². The van der Waals surface area contributed by atoms with E-state index < -0.39 is 11.6 Å². The molecule has 1 fully saturated rings. The van der Waals surface area contributed by atoms with Crippen molar-refractivity contribution in [2.45, 2.75) is 19.0 Å². The number of amides is 3. The Balaban J connectivity index is 1.37. The minimum Gasteiger partial charge on any atom is -0.486 e. The molecule has 0 aromatic heterocycles. The van der Waals surface area contributed by atoms with Crippen LogP contribution in [0.3, 0.4) is 0 Å². The SMILES string of the molecule is CC1(c2ccc3c(c2)OCCO3)NC(=O)N(Cc2ccc(-c3ccccc3)cc2)C1=O. The molecular formula is C25H22N2O4. The average Bonchev–Trinajstić information content (AvgIpc) is 3.03. The van der Waals surface area contributed by atoms with Crippen LogP contribution in [0.1, 0.15) is 18.1 Å². The van der Waals surface area contributed by atoms with Gasteiger partial charge >= 0.3 is 6.03 Å². The van der Waals surface area contributed by atoms with Gasteiger partial charge in [0.05, 0.1) is 6.54 Å². The van der Waals surface area contributed by atoms with E-state index in [-0.39, 0.29) is 12.5 Å². The summed E-state index contributed by atoms with van der Waals surface area (Å²) in [6.07, 6.45) is 0. The molecular weight excluding hydrogens is 392 g/mol. The van der Waals surface area contributed by atoms with E-state index in [4.69, 9.17) is 9.47 Å². The van der Waals surface area contributed by atoms with Gasteiger partial charge in [0.25, 0.3) is 5.91 Å². The minimum atomic E-state index is -1.16. The van der Waals surface area contributed by atoms with Crippen molar-refractivity contribution >= 4 is 11.9 Å². The lowest BCUT2D eigenvalue weighted by atomic mass is 9.91. The number of fused-ring (bicyclic) bond motifs is 1. The molecule has 6 nitrogen and oxygen atoms in total. The first-order valence-corrected chi connectivity index (χ1v) is 10.2. The third-order valence-electron chi connectivity index (χ3n) is 5.80. The molecule has 156 valence electrons. The molecule has 31 heavy (non-hydrogen) atoms. The molecule has 1 unspecified atom stereocenters. The number of carbonyl (C=O) groups is 2. The fourth-order valence-corrected chi connectivity index (χ4v) is 4.01. The van der Waals surface area contributed by atoms with Crippen molar-refractivity contribution in [3.63, 3.8) is 0 Å². The second kappa shape index (κ2) is 7.47. The quantitative estimate of drug-likeness (QED) is 0.653. The summed E-state index contributed by atoms with van der Waals surface area (Å²) >= 11 is 0. The van der Waals surface area contributed by atoms with Crippen LogP contribution >= 0.6 is 0 Å². The number of urea groups is 1. The Labute approximate surface area is 180 Å². The lowest BCUT2D eigenvalue weighted by molar-refractivity contribution is -0.131. The Morgan fingerprint density at radius 1 is 0.871 bits per heavy atom. The Bertz CT molecular complexity index is 1140. The molecule has 3 amide bonds. The van der Waals surface area contributed by atoms with E-state index in [0.29, 0.717) is 30.3 Å². The zero-order valence-corrected chi connectivity index (χ0v) is 17.1. The van der Waals surface area contributed by atoms with Crippen LogP contribution < -0.4 is 14.8 Å². The zero-order valence-electron chi connectivity index (χ0n) is 17.1. The van der Waals surface area contributed by atoms with Crippen LogP contribution in [0.2, 0.25) is 0 Å². The molecule has 0 aliphatic carbocycles. The standard InChI is InChI=1S/C25H22N2O4/c1-25(20-11-12-21-22(15-20)31-14-13-30-21)23(28)27(24(29)26-25)16-17-7-9-19(10-8-17)18-5-3-2-4-6-18/h2-12,15H,13-14,16H2,1H3,(H,26,29). The highest BCUT2D eigenvalue weighted by Gasteiger charge is 2.49. The van der Waals surface area contributed by atoms with E-state index in [1.807, 2.05) is 54.6 Å². The van der Waals surface area contributed by atoms with Gasteiger partial charge in [-0.2, -0.15) is 0 Å². The van der Waals surface area contributed by atoms with Crippen LogP contribution in [0, 0.1) is 0 Å². The van der Waals surface area contributed by atoms with Gasteiger partial charge in [-0.05, 0) is 41.3 Å². The molecule has 2 aliphatic rings. The monoisotopic (exact) mass is 414 g/mol. The van der Waals surface area contributed by atoms with Crippen LogP contribution in [0.15, 0.2) is 72.8 Å². The highest BCUT2D eigenvalue weighted by Crippen LogP contribution is 2.37. The summed E-state index contributed by atoms with van der Waals surface area (Å²) < 4.78 is 11.2. The molecule has 3 aromatic rings. The number of benzene rings is 3. The lowest BCUT2D eigenvalue weighted by Gasteiger charge is -2.25. The summed E-state index contributed by atoms with van der Waals surface area (Å²) in [6.45, 7) is 2.88. The van der Waals surface area contributed by atoms with Crippen molar-refractivity contribution in [2.24, 2.45) is 0 Å². The van der Waals surface area contributed by atoms with Crippen LogP contribution in [0.4, 0.5) is 4.79 Å². The summed E-state index contributed by atoms with van der Waals surface area (Å²) in [4.78, 5) is 27.2. The molecule has 0 radical (unpaired) electrons. The van der Waals surface area contributed by atoms with Crippen LogP contribution in [0.25, 0.3) is 11.1 Å². The molecule has 2 heterocycles. The maximum absolute atomic E-state index is 13.3. The van der Waals surface area contributed by atoms with E-state index in [0.717, 1.165) is 16.7 Å².